The van der Waals surface area contributed by atoms with Crippen molar-refractivity contribution in [3.8, 4) is 17.0 Å². The van der Waals surface area contributed by atoms with Crippen LogP contribution in [0.25, 0.3) is 11.3 Å². The zero-order chi connectivity index (χ0) is 21.8. The van der Waals surface area contributed by atoms with Gasteiger partial charge in [0.05, 0.1) is 18.9 Å². The predicted octanol–water partition coefficient (Wildman–Crippen LogP) is 4.83. The largest absolute Gasteiger partial charge is 0.488 e. The molecule has 0 radical (unpaired) electrons. The molecule has 6 heteroatoms. The van der Waals surface area contributed by atoms with Gasteiger partial charge in [-0.05, 0) is 36.6 Å². The van der Waals surface area contributed by atoms with Crippen molar-refractivity contribution in [3.63, 3.8) is 0 Å². The van der Waals surface area contributed by atoms with Gasteiger partial charge in [-0.25, -0.2) is 0 Å². The number of H-pyrrole nitrogens is 1. The Bertz CT molecular complexity index is 1020. The summed E-state index contributed by atoms with van der Waals surface area (Å²) in [5, 5.41) is 7.35. The van der Waals surface area contributed by atoms with E-state index in [1.54, 1.807) is 0 Å². The first-order chi connectivity index (χ1) is 15.8. The maximum absolute atomic E-state index is 13.5. The second kappa shape index (κ2) is 9.57. The van der Waals surface area contributed by atoms with Crippen LogP contribution in [0.3, 0.4) is 0 Å². The summed E-state index contributed by atoms with van der Waals surface area (Å²) in [5.41, 5.74) is 3.43. The summed E-state index contributed by atoms with van der Waals surface area (Å²) in [5.74, 6) is 0.860. The van der Waals surface area contributed by atoms with Crippen molar-refractivity contribution in [2.75, 3.05) is 13.2 Å². The van der Waals surface area contributed by atoms with Crippen LogP contribution in [0, 0.1) is 0 Å². The number of benzene rings is 2. The Labute approximate surface area is 188 Å². The van der Waals surface area contributed by atoms with Crippen molar-refractivity contribution < 1.29 is 14.3 Å². The lowest BCUT2D eigenvalue weighted by molar-refractivity contribution is 0.0658. The fraction of sp³-hybridized carbons (Fsp3) is 0.385. The number of nitrogens with one attached hydrogen (secondary N) is 1. The van der Waals surface area contributed by atoms with E-state index in [4.69, 9.17) is 9.47 Å². The smallest absolute Gasteiger partial charge is 0.272 e. The first-order valence-corrected chi connectivity index (χ1v) is 11.5. The lowest BCUT2D eigenvalue weighted by Crippen LogP contribution is -2.38. The summed E-state index contributed by atoms with van der Waals surface area (Å²) in [4.78, 5) is 15.5. The van der Waals surface area contributed by atoms with E-state index in [9.17, 15) is 4.79 Å². The normalized spacial score (nSPS) is 18.7. The fourth-order valence-electron chi connectivity index (χ4n) is 4.59. The molecule has 1 saturated heterocycles. The second-order valence-electron chi connectivity index (χ2n) is 8.65. The first kappa shape index (κ1) is 20.8. The summed E-state index contributed by atoms with van der Waals surface area (Å²) in [7, 11) is 0. The lowest BCUT2D eigenvalue weighted by Gasteiger charge is -2.28. The maximum Gasteiger partial charge on any atom is 0.272 e. The predicted molar refractivity (Wildman–Crippen MR) is 122 cm³/mol. The molecule has 5 rings (SSSR count). The molecule has 1 aliphatic heterocycles. The molecule has 1 amide bonds. The highest BCUT2D eigenvalue weighted by Gasteiger charge is 2.29. The van der Waals surface area contributed by atoms with Crippen LogP contribution in [0.4, 0.5) is 0 Å². The number of carbonyl (C=O) groups is 1. The molecule has 2 aliphatic rings. The molecule has 1 aliphatic carbocycles. The zero-order valence-corrected chi connectivity index (χ0v) is 18.2. The molecular formula is C26H29N3O3. The third-order valence-electron chi connectivity index (χ3n) is 6.37. The molecule has 32 heavy (non-hydrogen) atoms. The number of aromatic nitrogens is 2. The molecule has 1 saturated carbocycles. The van der Waals surface area contributed by atoms with E-state index in [2.05, 4.69) is 22.3 Å². The van der Waals surface area contributed by atoms with Gasteiger partial charge in [0.15, 0.2) is 0 Å². The van der Waals surface area contributed by atoms with Gasteiger partial charge in [-0.3, -0.25) is 9.89 Å². The number of nitrogens with zero attached hydrogens (tertiary/aromatic N) is 2. The van der Waals surface area contributed by atoms with E-state index in [0.717, 1.165) is 48.4 Å². The summed E-state index contributed by atoms with van der Waals surface area (Å²) >= 11 is 0. The van der Waals surface area contributed by atoms with Gasteiger partial charge < -0.3 is 14.4 Å². The number of amides is 1. The molecule has 2 fully saturated rings. The SMILES string of the molecule is O=C(c1cc(-c2ccccc2)n[nH]1)N(Cc1ccc(O[C@H]2CCOC2)cc1)C1CCCC1. The minimum absolute atomic E-state index is 0.00927. The number of rotatable bonds is 7. The zero-order valence-electron chi connectivity index (χ0n) is 18.2. The molecule has 1 aromatic heterocycles. The van der Waals surface area contributed by atoms with Crippen molar-refractivity contribution in [2.45, 2.75) is 50.8 Å². The molecule has 2 heterocycles. The van der Waals surface area contributed by atoms with E-state index in [-0.39, 0.29) is 18.1 Å². The highest BCUT2D eigenvalue weighted by molar-refractivity contribution is 5.93. The van der Waals surface area contributed by atoms with E-state index in [1.165, 1.54) is 12.8 Å². The third kappa shape index (κ3) is 4.70. The highest BCUT2D eigenvalue weighted by Crippen LogP contribution is 2.28. The van der Waals surface area contributed by atoms with Crippen LogP contribution in [0.5, 0.6) is 5.75 Å². The number of hydrogen-bond acceptors (Lipinski definition) is 4. The quantitative estimate of drug-likeness (QED) is 0.582. The molecule has 0 unspecified atom stereocenters. The van der Waals surface area contributed by atoms with E-state index < -0.39 is 0 Å². The van der Waals surface area contributed by atoms with Crippen LogP contribution >= 0.6 is 0 Å². The molecule has 166 valence electrons. The Hall–Kier alpha value is -3.12. The van der Waals surface area contributed by atoms with Crippen LogP contribution in [0.2, 0.25) is 0 Å². The topological polar surface area (TPSA) is 67.5 Å². The minimum atomic E-state index is 0.00927. The van der Waals surface area contributed by atoms with E-state index in [0.29, 0.717) is 18.8 Å². The van der Waals surface area contributed by atoms with Gasteiger partial charge in [-0.1, -0.05) is 55.3 Å². The van der Waals surface area contributed by atoms with Crippen molar-refractivity contribution in [1.82, 2.24) is 15.1 Å². The van der Waals surface area contributed by atoms with Crippen LogP contribution < -0.4 is 4.74 Å². The van der Waals surface area contributed by atoms with Crippen LogP contribution in [-0.2, 0) is 11.3 Å². The standard InChI is InChI=1S/C26H29N3O3/c30-26(25-16-24(27-28-25)20-6-2-1-3-7-20)29(21-8-4-5-9-21)17-19-10-12-22(13-11-19)32-23-14-15-31-18-23/h1-3,6-7,10-13,16,21,23H,4-5,8-9,14-15,17-18H2,(H,27,28)/t23-/m0/s1. The van der Waals surface area contributed by atoms with Gasteiger partial charge in [-0.15, -0.1) is 0 Å². The van der Waals surface area contributed by atoms with Gasteiger partial charge in [0.2, 0.25) is 0 Å². The molecule has 1 N–H and O–H groups in total. The van der Waals surface area contributed by atoms with Crippen molar-refractivity contribution >= 4 is 5.91 Å². The summed E-state index contributed by atoms with van der Waals surface area (Å²) < 4.78 is 11.4. The fourth-order valence-corrected chi connectivity index (χ4v) is 4.59. The van der Waals surface area contributed by atoms with E-state index >= 15 is 0 Å². The molecule has 2 aromatic carbocycles. The number of ether oxygens (including phenoxy) is 2. The molecule has 0 spiro atoms. The Morgan fingerprint density at radius 3 is 2.56 bits per heavy atom. The average molecular weight is 432 g/mol. The van der Waals surface area contributed by atoms with Gasteiger partial charge >= 0.3 is 0 Å². The molecule has 1 atom stereocenters. The Kier molecular flexibility index (Phi) is 6.21. The van der Waals surface area contributed by atoms with Crippen LogP contribution in [0.1, 0.15) is 48.2 Å². The van der Waals surface area contributed by atoms with E-state index in [1.807, 2.05) is 53.4 Å². The maximum atomic E-state index is 13.5. The van der Waals surface area contributed by atoms with Gasteiger partial charge in [0, 0.05) is 24.6 Å². The number of hydrogen-bond donors (Lipinski definition) is 1. The first-order valence-electron chi connectivity index (χ1n) is 11.5. The second-order valence-corrected chi connectivity index (χ2v) is 8.65. The average Bonchev–Trinajstić information content (AvgIpc) is 3.62. The summed E-state index contributed by atoms with van der Waals surface area (Å²) in [6.07, 6.45) is 5.51. The molecule has 0 bridgehead atoms. The van der Waals surface area contributed by atoms with Gasteiger partial charge in [0.1, 0.15) is 17.5 Å². The Balaban J connectivity index is 1.31. The minimum Gasteiger partial charge on any atom is -0.488 e. The van der Waals surface area contributed by atoms with Crippen LogP contribution in [-0.4, -0.2) is 46.4 Å². The summed E-state index contributed by atoms with van der Waals surface area (Å²) in [6.45, 7) is 2.00. The highest BCUT2D eigenvalue weighted by atomic mass is 16.5. The molecule has 6 nitrogen and oxygen atoms in total. The number of carbonyl (C=O) groups excluding carboxylic acids is 1. The molecular weight excluding hydrogens is 402 g/mol. The van der Waals surface area contributed by atoms with Gasteiger partial charge in [0.25, 0.3) is 5.91 Å². The number of aromatic amines is 1. The summed E-state index contributed by atoms with van der Waals surface area (Å²) in [6, 6.07) is 20.2. The Morgan fingerprint density at radius 2 is 1.84 bits per heavy atom. The van der Waals surface area contributed by atoms with Crippen molar-refractivity contribution in [2.24, 2.45) is 0 Å². The van der Waals surface area contributed by atoms with Crippen molar-refractivity contribution in [1.29, 1.82) is 0 Å². The van der Waals surface area contributed by atoms with Crippen LogP contribution in [0.15, 0.2) is 60.7 Å². The Morgan fingerprint density at radius 1 is 1.06 bits per heavy atom. The van der Waals surface area contributed by atoms with Crippen molar-refractivity contribution in [3.05, 3.63) is 71.9 Å². The van der Waals surface area contributed by atoms with Gasteiger partial charge in [-0.2, -0.15) is 5.10 Å². The molecule has 3 aromatic rings. The third-order valence-corrected chi connectivity index (χ3v) is 6.37. The monoisotopic (exact) mass is 431 g/mol. The lowest BCUT2D eigenvalue weighted by atomic mass is 10.1.